The first-order valence-corrected chi connectivity index (χ1v) is 14.7. The van der Waals surface area contributed by atoms with Crippen LogP contribution in [0.15, 0.2) is 87.8 Å². The number of nitrogens with one attached hydrogen (secondary N) is 3. The van der Waals surface area contributed by atoms with E-state index in [0.717, 1.165) is 0 Å². The molecule has 0 radical (unpaired) electrons. The SMILES string of the molecule is O=C(CN=Cc1ccccc1O)NCCN(CCNC(=O)CN=Cc1ccccc1O)CCNC(=O)CN=Cc1ccccc1O. The van der Waals surface area contributed by atoms with Gasteiger partial charge in [0.05, 0.1) is 0 Å². The van der Waals surface area contributed by atoms with Crippen LogP contribution >= 0.6 is 0 Å². The van der Waals surface area contributed by atoms with E-state index in [2.05, 4.69) is 30.9 Å². The van der Waals surface area contributed by atoms with Crippen LogP contribution in [0.2, 0.25) is 0 Å². The number of carbonyl (C=O) groups excluding carboxylic acids is 3. The number of carbonyl (C=O) groups is 3. The molecular formula is C33H39N7O6. The van der Waals surface area contributed by atoms with Crippen LogP contribution in [0.5, 0.6) is 17.2 Å². The van der Waals surface area contributed by atoms with Crippen molar-refractivity contribution in [1.29, 1.82) is 0 Å². The van der Waals surface area contributed by atoms with E-state index in [9.17, 15) is 29.7 Å². The number of phenolic OH excluding ortho intramolecular Hbond substituents is 3. The Balaban J connectivity index is 1.43. The van der Waals surface area contributed by atoms with E-state index in [1.54, 1.807) is 54.6 Å². The number of aromatic hydroxyl groups is 3. The van der Waals surface area contributed by atoms with E-state index in [1.165, 1.54) is 36.8 Å². The van der Waals surface area contributed by atoms with Gasteiger partial charge in [0.25, 0.3) is 0 Å². The summed E-state index contributed by atoms with van der Waals surface area (Å²) in [4.78, 5) is 51.0. The van der Waals surface area contributed by atoms with Crippen LogP contribution < -0.4 is 16.0 Å². The van der Waals surface area contributed by atoms with Crippen LogP contribution in [-0.2, 0) is 14.4 Å². The van der Waals surface area contributed by atoms with Crippen LogP contribution in [0, 0.1) is 0 Å². The van der Waals surface area contributed by atoms with Gasteiger partial charge in [-0.25, -0.2) is 0 Å². The van der Waals surface area contributed by atoms with E-state index in [0.29, 0.717) is 56.0 Å². The summed E-state index contributed by atoms with van der Waals surface area (Å²) in [6, 6.07) is 20.0. The zero-order valence-corrected chi connectivity index (χ0v) is 25.4. The second-order valence-corrected chi connectivity index (χ2v) is 9.98. The standard InChI is InChI=1S/C33H39N7O6/c41-28-10-4-1-7-25(28)19-34-22-31(44)37-13-16-40(17-14-38-32(45)23-35-20-26-8-2-5-11-29(26)42)18-15-39-33(46)24-36-21-27-9-3-6-12-30(27)43/h1-12,19-21,41-43H,13-18,22-24H2,(H,37,44)(H,38,45)(H,39,46). The smallest absolute Gasteiger partial charge is 0.241 e. The van der Waals surface area contributed by atoms with Crippen LogP contribution in [-0.4, -0.2) is 115 Å². The van der Waals surface area contributed by atoms with Gasteiger partial charge in [0, 0.05) is 74.6 Å². The van der Waals surface area contributed by atoms with E-state index in [-0.39, 0.29) is 54.6 Å². The van der Waals surface area contributed by atoms with Crippen molar-refractivity contribution in [2.45, 2.75) is 0 Å². The third-order valence-electron chi connectivity index (χ3n) is 6.46. The van der Waals surface area contributed by atoms with Gasteiger partial charge in [0.15, 0.2) is 0 Å². The molecule has 0 aliphatic heterocycles. The maximum Gasteiger partial charge on any atom is 0.241 e. The van der Waals surface area contributed by atoms with Crippen LogP contribution in [0.1, 0.15) is 16.7 Å². The fraction of sp³-hybridized carbons (Fsp3) is 0.273. The molecular weight excluding hydrogens is 590 g/mol. The Kier molecular flexibility index (Phi) is 14.9. The highest BCUT2D eigenvalue weighted by atomic mass is 16.3. The summed E-state index contributed by atoms with van der Waals surface area (Å²) in [5, 5.41) is 37.8. The summed E-state index contributed by atoms with van der Waals surface area (Å²) in [6.07, 6.45) is 4.31. The number of hydrogen-bond acceptors (Lipinski definition) is 10. The summed E-state index contributed by atoms with van der Waals surface area (Å²) in [6.45, 7) is 1.93. The Morgan fingerprint density at radius 3 is 1.09 bits per heavy atom. The fourth-order valence-electron chi connectivity index (χ4n) is 4.03. The summed E-state index contributed by atoms with van der Waals surface area (Å²) in [7, 11) is 0. The second kappa shape index (κ2) is 19.7. The molecule has 6 N–H and O–H groups in total. The molecule has 0 saturated carbocycles. The highest BCUT2D eigenvalue weighted by Crippen LogP contribution is 2.14. The van der Waals surface area contributed by atoms with Crippen LogP contribution in [0.3, 0.4) is 0 Å². The van der Waals surface area contributed by atoms with E-state index in [4.69, 9.17) is 0 Å². The topological polar surface area (TPSA) is 188 Å². The van der Waals surface area contributed by atoms with Crippen molar-refractivity contribution in [3.63, 3.8) is 0 Å². The molecule has 0 fully saturated rings. The lowest BCUT2D eigenvalue weighted by atomic mass is 10.2. The monoisotopic (exact) mass is 629 g/mol. The summed E-state index contributed by atoms with van der Waals surface area (Å²) in [5.41, 5.74) is 1.54. The normalized spacial score (nSPS) is 11.4. The first-order chi connectivity index (χ1) is 22.3. The zero-order chi connectivity index (χ0) is 33.0. The van der Waals surface area contributed by atoms with Crippen molar-refractivity contribution in [1.82, 2.24) is 20.9 Å². The lowest BCUT2D eigenvalue weighted by Gasteiger charge is -2.22. The molecule has 0 aromatic heterocycles. The highest BCUT2D eigenvalue weighted by Gasteiger charge is 2.09. The lowest BCUT2D eigenvalue weighted by Crippen LogP contribution is -2.43. The molecule has 0 spiro atoms. The number of benzene rings is 3. The number of phenols is 3. The average molecular weight is 630 g/mol. The Morgan fingerprint density at radius 2 is 0.804 bits per heavy atom. The van der Waals surface area contributed by atoms with Crippen molar-refractivity contribution >= 4 is 36.4 Å². The first-order valence-electron chi connectivity index (χ1n) is 14.7. The van der Waals surface area contributed by atoms with Gasteiger partial charge in [-0.15, -0.1) is 0 Å². The predicted molar refractivity (Wildman–Crippen MR) is 177 cm³/mol. The van der Waals surface area contributed by atoms with Gasteiger partial charge >= 0.3 is 0 Å². The van der Waals surface area contributed by atoms with E-state index >= 15 is 0 Å². The molecule has 0 saturated heterocycles. The Bertz CT molecular complexity index is 1350. The maximum atomic E-state index is 12.3. The van der Waals surface area contributed by atoms with Gasteiger partial charge in [-0.3, -0.25) is 34.3 Å². The number of hydrogen-bond donors (Lipinski definition) is 6. The van der Waals surface area contributed by atoms with Crippen molar-refractivity contribution in [3.05, 3.63) is 89.5 Å². The number of para-hydroxylation sites is 3. The first kappa shape index (κ1) is 34.9. The lowest BCUT2D eigenvalue weighted by molar-refractivity contribution is -0.120. The van der Waals surface area contributed by atoms with Gasteiger partial charge in [0.2, 0.25) is 17.7 Å². The predicted octanol–water partition coefficient (Wildman–Crippen LogP) is 1.11. The summed E-state index contributed by atoms with van der Waals surface area (Å²) >= 11 is 0. The van der Waals surface area contributed by atoms with Gasteiger partial charge in [-0.1, -0.05) is 36.4 Å². The van der Waals surface area contributed by atoms with Gasteiger partial charge < -0.3 is 31.3 Å². The van der Waals surface area contributed by atoms with Crippen molar-refractivity contribution in [2.75, 3.05) is 58.9 Å². The molecule has 46 heavy (non-hydrogen) atoms. The third-order valence-corrected chi connectivity index (χ3v) is 6.46. The molecule has 0 aliphatic rings. The molecule has 3 aromatic rings. The second-order valence-electron chi connectivity index (χ2n) is 9.98. The summed E-state index contributed by atoms with van der Waals surface area (Å²) < 4.78 is 0. The largest absolute Gasteiger partial charge is 0.507 e. The third kappa shape index (κ3) is 13.4. The average Bonchev–Trinajstić information content (AvgIpc) is 3.03. The van der Waals surface area contributed by atoms with Gasteiger partial charge in [-0.2, -0.15) is 0 Å². The van der Waals surface area contributed by atoms with E-state index in [1.807, 2.05) is 4.90 Å². The van der Waals surface area contributed by atoms with Gasteiger partial charge in [0.1, 0.15) is 36.9 Å². The van der Waals surface area contributed by atoms with Crippen molar-refractivity contribution < 1.29 is 29.7 Å². The zero-order valence-electron chi connectivity index (χ0n) is 25.4. The van der Waals surface area contributed by atoms with E-state index < -0.39 is 0 Å². The highest BCUT2D eigenvalue weighted by molar-refractivity contribution is 5.88. The Morgan fingerprint density at radius 1 is 0.522 bits per heavy atom. The molecule has 0 aliphatic carbocycles. The van der Waals surface area contributed by atoms with Crippen LogP contribution in [0.4, 0.5) is 0 Å². The van der Waals surface area contributed by atoms with Crippen molar-refractivity contribution in [2.24, 2.45) is 15.0 Å². The molecule has 242 valence electrons. The molecule has 3 amide bonds. The molecule has 0 atom stereocenters. The number of amides is 3. The minimum Gasteiger partial charge on any atom is -0.507 e. The molecule has 0 bridgehead atoms. The minimum atomic E-state index is -0.294. The Hall–Kier alpha value is -5.56. The number of aliphatic imine (C=N–C) groups is 3. The molecule has 3 aromatic carbocycles. The fourth-order valence-corrected chi connectivity index (χ4v) is 4.03. The summed E-state index contributed by atoms with van der Waals surface area (Å²) in [5.74, 6) is -0.656. The van der Waals surface area contributed by atoms with Crippen LogP contribution in [0.25, 0.3) is 0 Å². The number of rotatable bonds is 18. The molecule has 13 heteroatoms. The minimum absolute atomic E-state index is 0.0751. The number of nitrogens with zero attached hydrogens (tertiary/aromatic N) is 4. The van der Waals surface area contributed by atoms with Gasteiger partial charge in [-0.05, 0) is 36.4 Å². The quantitative estimate of drug-likeness (QED) is 0.114. The molecule has 13 nitrogen and oxygen atoms in total. The maximum absolute atomic E-state index is 12.3. The molecule has 3 rings (SSSR count). The van der Waals surface area contributed by atoms with Crippen molar-refractivity contribution in [3.8, 4) is 17.2 Å². The molecule has 0 heterocycles. The Labute approximate surface area is 267 Å². The molecule has 0 unspecified atom stereocenters.